The van der Waals surface area contributed by atoms with E-state index in [4.69, 9.17) is 0 Å². The van der Waals surface area contributed by atoms with Gasteiger partial charge in [0.1, 0.15) is 0 Å². The van der Waals surface area contributed by atoms with Crippen molar-refractivity contribution in [3.63, 3.8) is 0 Å². The maximum Gasteiger partial charge on any atom is 0.230 e. The summed E-state index contributed by atoms with van der Waals surface area (Å²) in [7, 11) is 0. The highest BCUT2D eigenvalue weighted by molar-refractivity contribution is 9.11. The topological polar surface area (TPSA) is 37.4 Å². The summed E-state index contributed by atoms with van der Waals surface area (Å²) in [6.45, 7) is 0.947. The van der Waals surface area contributed by atoms with Gasteiger partial charge in [-0.1, -0.05) is 0 Å². The number of thiophene rings is 1. The van der Waals surface area contributed by atoms with Gasteiger partial charge in [-0.2, -0.15) is 0 Å². The Morgan fingerprint density at radius 1 is 1.40 bits per heavy atom. The second-order valence-electron chi connectivity index (χ2n) is 3.49. The van der Waals surface area contributed by atoms with Gasteiger partial charge in [0.25, 0.3) is 0 Å². The minimum Gasteiger partial charge on any atom is -0.335 e. The summed E-state index contributed by atoms with van der Waals surface area (Å²) in [5, 5.41) is 0. The van der Waals surface area contributed by atoms with E-state index in [2.05, 4.69) is 15.9 Å². The van der Waals surface area contributed by atoms with Crippen LogP contribution in [0.2, 0.25) is 0 Å². The van der Waals surface area contributed by atoms with E-state index in [9.17, 15) is 9.59 Å². The summed E-state index contributed by atoms with van der Waals surface area (Å²) in [4.78, 5) is 25.2. The molecule has 2 heterocycles. The van der Waals surface area contributed by atoms with Gasteiger partial charge in [-0.3, -0.25) is 9.59 Å². The third kappa shape index (κ3) is 2.66. The fourth-order valence-electron chi connectivity index (χ4n) is 1.57. The van der Waals surface area contributed by atoms with Gasteiger partial charge in [0.05, 0.1) is 16.8 Å². The lowest BCUT2D eigenvalue weighted by atomic mass is 10.3. The first-order chi connectivity index (χ1) is 7.15. The third-order valence-electron chi connectivity index (χ3n) is 2.33. The molecule has 1 aromatic rings. The van der Waals surface area contributed by atoms with E-state index in [1.54, 1.807) is 16.2 Å². The molecular weight excluding hydrogens is 278 g/mol. The molecule has 0 aliphatic carbocycles. The molecule has 0 N–H and O–H groups in total. The van der Waals surface area contributed by atoms with Crippen molar-refractivity contribution in [3.05, 3.63) is 20.8 Å². The van der Waals surface area contributed by atoms with Crippen molar-refractivity contribution in [2.75, 3.05) is 13.1 Å². The molecule has 0 aromatic carbocycles. The van der Waals surface area contributed by atoms with Crippen molar-refractivity contribution in [1.29, 1.82) is 0 Å². The smallest absolute Gasteiger partial charge is 0.230 e. The Hall–Kier alpha value is -0.680. The molecule has 15 heavy (non-hydrogen) atoms. The Morgan fingerprint density at radius 2 is 2.20 bits per heavy atom. The minimum absolute atomic E-state index is 0.0318. The van der Waals surface area contributed by atoms with E-state index in [0.717, 1.165) is 10.2 Å². The fraction of sp³-hybridized carbons (Fsp3) is 0.400. The van der Waals surface area contributed by atoms with E-state index in [1.807, 2.05) is 12.1 Å². The van der Waals surface area contributed by atoms with Crippen molar-refractivity contribution < 1.29 is 9.59 Å². The lowest BCUT2D eigenvalue weighted by Crippen LogP contribution is -2.27. The molecule has 5 heteroatoms. The van der Waals surface area contributed by atoms with E-state index < -0.39 is 0 Å². The van der Waals surface area contributed by atoms with Crippen LogP contribution in [-0.4, -0.2) is 29.7 Å². The maximum absolute atomic E-state index is 11.3. The Labute approximate surface area is 100 Å². The van der Waals surface area contributed by atoms with E-state index in [0.29, 0.717) is 13.1 Å². The van der Waals surface area contributed by atoms with Gasteiger partial charge >= 0.3 is 0 Å². The summed E-state index contributed by atoms with van der Waals surface area (Å²) < 4.78 is 1.10. The lowest BCUT2D eigenvalue weighted by molar-refractivity contribution is -0.127. The first-order valence-electron chi connectivity index (χ1n) is 4.69. The molecule has 3 nitrogen and oxygen atoms in total. The van der Waals surface area contributed by atoms with Crippen LogP contribution in [0.3, 0.4) is 0 Å². The van der Waals surface area contributed by atoms with Crippen LogP contribution < -0.4 is 0 Å². The minimum atomic E-state index is -0.0318. The molecule has 1 saturated heterocycles. The van der Waals surface area contributed by atoms with Gasteiger partial charge in [0, 0.05) is 11.4 Å². The molecule has 0 spiro atoms. The Morgan fingerprint density at radius 3 is 2.73 bits per heavy atom. The highest BCUT2D eigenvalue weighted by Crippen LogP contribution is 2.22. The Kier molecular flexibility index (Phi) is 3.21. The zero-order valence-corrected chi connectivity index (χ0v) is 10.4. The number of Topliss-reactive ketones (excluding diaryl/α,β-unsaturated/α-hetero) is 1. The van der Waals surface area contributed by atoms with Crippen molar-refractivity contribution in [1.82, 2.24) is 4.90 Å². The van der Waals surface area contributed by atoms with E-state index in [-0.39, 0.29) is 18.1 Å². The molecule has 1 aliphatic rings. The number of rotatable bonds is 3. The van der Waals surface area contributed by atoms with Crippen LogP contribution in [0.4, 0.5) is 0 Å². The fourth-order valence-corrected chi connectivity index (χ4v) is 3.04. The Bertz CT molecular complexity index is 402. The highest BCUT2D eigenvalue weighted by atomic mass is 79.9. The molecule has 0 bridgehead atoms. The van der Waals surface area contributed by atoms with Crippen LogP contribution in [-0.2, 0) is 16.0 Å². The van der Waals surface area contributed by atoms with E-state index >= 15 is 0 Å². The van der Waals surface area contributed by atoms with Crippen LogP contribution in [0.1, 0.15) is 11.3 Å². The summed E-state index contributed by atoms with van der Waals surface area (Å²) >= 11 is 5.06. The summed E-state index contributed by atoms with van der Waals surface area (Å²) in [6.07, 6.45) is 0.920. The number of amides is 1. The molecule has 0 radical (unpaired) electrons. The molecule has 0 atom stereocenters. The zero-order valence-electron chi connectivity index (χ0n) is 8.03. The van der Waals surface area contributed by atoms with Gasteiger partial charge in [0.2, 0.25) is 5.91 Å². The molecular formula is C10H10BrNO2S. The second-order valence-corrected chi connectivity index (χ2v) is 6.03. The highest BCUT2D eigenvalue weighted by Gasteiger charge is 2.26. The van der Waals surface area contributed by atoms with Crippen molar-refractivity contribution in [2.45, 2.75) is 12.8 Å². The Balaban J connectivity index is 1.88. The van der Waals surface area contributed by atoms with Crippen molar-refractivity contribution in [2.24, 2.45) is 0 Å². The van der Waals surface area contributed by atoms with Crippen molar-refractivity contribution >= 4 is 39.0 Å². The maximum atomic E-state index is 11.3. The summed E-state index contributed by atoms with van der Waals surface area (Å²) in [5.74, 6) is 0.00276. The third-order valence-corrected chi connectivity index (χ3v) is 4.01. The molecule has 1 amide bonds. The summed E-state index contributed by atoms with van der Waals surface area (Å²) in [6, 6.07) is 4.04. The molecule has 1 aliphatic heterocycles. The average molecular weight is 288 g/mol. The normalized spacial score (nSPS) is 16.5. The molecule has 0 saturated carbocycles. The predicted octanol–water partition coefficient (Wildman–Crippen LogP) is 1.85. The van der Waals surface area contributed by atoms with Crippen LogP contribution in [0.25, 0.3) is 0 Å². The van der Waals surface area contributed by atoms with Crippen molar-refractivity contribution in [3.8, 4) is 0 Å². The predicted molar refractivity (Wildman–Crippen MR) is 61.9 cm³/mol. The van der Waals surface area contributed by atoms with Crippen LogP contribution in [0.15, 0.2) is 15.9 Å². The quantitative estimate of drug-likeness (QED) is 0.796. The largest absolute Gasteiger partial charge is 0.335 e. The number of hydrogen-bond acceptors (Lipinski definition) is 3. The number of carbonyl (C=O) groups is 2. The second kappa shape index (κ2) is 4.45. The number of hydrogen-bond donors (Lipinski definition) is 0. The standard InChI is InChI=1S/C10H10BrNO2S/c11-9-2-1-8(15-9)3-4-12-6-7(13)5-10(12)14/h1-2H,3-6H2. The molecule has 1 aromatic heterocycles. The number of carbonyl (C=O) groups excluding carboxylic acids is 2. The summed E-state index contributed by atoms with van der Waals surface area (Å²) in [5.41, 5.74) is 0. The monoisotopic (exact) mass is 287 g/mol. The van der Waals surface area contributed by atoms with Crippen LogP contribution >= 0.6 is 27.3 Å². The van der Waals surface area contributed by atoms with Crippen LogP contribution in [0, 0.1) is 0 Å². The lowest BCUT2D eigenvalue weighted by Gasteiger charge is -2.13. The van der Waals surface area contributed by atoms with Gasteiger partial charge in [0.15, 0.2) is 5.78 Å². The first-order valence-corrected chi connectivity index (χ1v) is 6.30. The van der Waals surface area contributed by atoms with Crippen LogP contribution in [0.5, 0.6) is 0 Å². The van der Waals surface area contributed by atoms with Gasteiger partial charge in [-0.15, -0.1) is 11.3 Å². The number of ketones is 1. The van der Waals surface area contributed by atoms with Gasteiger partial charge < -0.3 is 4.90 Å². The number of halogens is 1. The van der Waals surface area contributed by atoms with E-state index in [1.165, 1.54) is 4.88 Å². The molecule has 2 rings (SSSR count). The molecule has 80 valence electrons. The first kappa shape index (κ1) is 10.8. The SMILES string of the molecule is O=C1CC(=O)N(CCc2ccc(Br)s2)C1. The number of nitrogens with zero attached hydrogens (tertiary/aromatic N) is 1. The zero-order chi connectivity index (χ0) is 10.8. The van der Waals surface area contributed by atoms with Gasteiger partial charge in [-0.05, 0) is 34.5 Å². The molecule has 1 fully saturated rings. The molecule has 0 unspecified atom stereocenters. The average Bonchev–Trinajstić information content (AvgIpc) is 2.70. The van der Waals surface area contributed by atoms with Gasteiger partial charge in [-0.25, -0.2) is 0 Å². The number of likely N-dealkylation sites (tertiary alicyclic amines) is 1.